The van der Waals surface area contributed by atoms with Gasteiger partial charge in [0, 0.05) is 5.39 Å². The van der Waals surface area contributed by atoms with Gasteiger partial charge in [0.2, 0.25) is 0 Å². The minimum atomic E-state index is -3.70. The molecule has 5 heteroatoms. The Bertz CT molecular complexity index is 1160. The van der Waals surface area contributed by atoms with Gasteiger partial charge in [-0.3, -0.25) is 9.05 Å². The molecule has 0 fully saturated rings. The highest BCUT2D eigenvalue weighted by Gasteiger charge is 2.28. The molecule has 0 aromatic heterocycles. The molecule has 0 saturated heterocycles. The van der Waals surface area contributed by atoms with Gasteiger partial charge in [0.25, 0.3) is 0 Å². The van der Waals surface area contributed by atoms with Gasteiger partial charge in [-0.2, -0.15) is 0 Å². The molecule has 4 aromatic rings. The summed E-state index contributed by atoms with van der Waals surface area (Å²) in [4.78, 5) is 0. The average molecular weight is 380 g/mol. The molecule has 0 atom stereocenters. The summed E-state index contributed by atoms with van der Waals surface area (Å²) in [5, 5.41) is 6.21. The third-order valence-corrected chi connectivity index (χ3v) is 6.07. The lowest BCUT2D eigenvalue weighted by atomic mass is 9.96. The summed E-state index contributed by atoms with van der Waals surface area (Å²) in [6.07, 6.45) is 0. The van der Waals surface area contributed by atoms with E-state index in [0.717, 1.165) is 32.3 Å². The summed E-state index contributed by atoms with van der Waals surface area (Å²) >= 11 is 0. The summed E-state index contributed by atoms with van der Waals surface area (Å²) in [7, 11) is -3.70. The van der Waals surface area contributed by atoms with Gasteiger partial charge in [0.05, 0.1) is 13.2 Å². The zero-order valence-electron chi connectivity index (χ0n) is 15.3. The van der Waals surface area contributed by atoms with Gasteiger partial charge in [-0.05, 0) is 46.8 Å². The van der Waals surface area contributed by atoms with Crippen molar-refractivity contribution in [2.45, 2.75) is 13.8 Å². The molecule has 138 valence electrons. The van der Waals surface area contributed by atoms with Crippen molar-refractivity contribution in [2.75, 3.05) is 13.2 Å². The molecule has 4 aromatic carbocycles. The van der Waals surface area contributed by atoms with Crippen LogP contribution >= 0.6 is 7.82 Å². The van der Waals surface area contributed by atoms with E-state index in [9.17, 15) is 4.57 Å². The molecular formula is C22H21O4P. The fraction of sp³-hybridized carbons (Fsp3) is 0.182. The van der Waals surface area contributed by atoms with E-state index in [0.29, 0.717) is 5.75 Å². The van der Waals surface area contributed by atoms with Crippen LogP contribution < -0.4 is 4.52 Å². The highest BCUT2D eigenvalue weighted by molar-refractivity contribution is 7.49. The molecule has 0 spiro atoms. The van der Waals surface area contributed by atoms with Crippen molar-refractivity contribution in [3.63, 3.8) is 0 Å². The van der Waals surface area contributed by atoms with Crippen molar-refractivity contribution in [2.24, 2.45) is 0 Å². The van der Waals surface area contributed by atoms with E-state index in [4.69, 9.17) is 13.6 Å². The second-order valence-corrected chi connectivity index (χ2v) is 7.77. The quantitative estimate of drug-likeness (QED) is 0.276. The topological polar surface area (TPSA) is 44.8 Å². The predicted octanol–water partition coefficient (Wildman–Crippen LogP) is 6.71. The van der Waals surface area contributed by atoms with Gasteiger partial charge in [-0.25, -0.2) is 4.57 Å². The Labute approximate surface area is 158 Å². The van der Waals surface area contributed by atoms with Crippen molar-refractivity contribution >= 4 is 40.1 Å². The molecule has 0 bridgehead atoms. The lowest BCUT2D eigenvalue weighted by Gasteiger charge is -2.20. The van der Waals surface area contributed by atoms with E-state index >= 15 is 0 Å². The second-order valence-electron chi connectivity index (χ2n) is 6.18. The predicted molar refractivity (Wildman–Crippen MR) is 110 cm³/mol. The van der Waals surface area contributed by atoms with Crippen molar-refractivity contribution in [3.05, 3.63) is 66.7 Å². The van der Waals surface area contributed by atoms with E-state index < -0.39 is 7.82 Å². The Balaban J connectivity index is 2.05. The molecule has 0 heterocycles. The SMILES string of the molecule is CCOP(=O)(OCC)Oc1cc2ccccc2c2ccc3ccccc3c12. The molecule has 4 nitrogen and oxygen atoms in total. The zero-order chi connectivity index (χ0) is 18.9. The fourth-order valence-electron chi connectivity index (χ4n) is 3.44. The highest BCUT2D eigenvalue weighted by atomic mass is 31.2. The Morgan fingerprint density at radius 1 is 0.741 bits per heavy atom. The van der Waals surface area contributed by atoms with Crippen molar-refractivity contribution in [1.29, 1.82) is 0 Å². The smallest absolute Gasteiger partial charge is 0.403 e. The zero-order valence-corrected chi connectivity index (χ0v) is 16.2. The maximum absolute atomic E-state index is 13.0. The van der Waals surface area contributed by atoms with Gasteiger partial charge in [0.1, 0.15) is 5.75 Å². The molecule has 0 unspecified atom stereocenters. The van der Waals surface area contributed by atoms with Crippen LogP contribution in [-0.4, -0.2) is 13.2 Å². The lowest BCUT2D eigenvalue weighted by molar-refractivity contribution is 0.168. The molecule has 27 heavy (non-hydrogen) atoms. The highest BCUT2D eigenvalue weighted by Crippen LogP contribution is 2.52. The Morgan fingerprint density at radius 3 is 2.07 bits per heavy atom. The summed E-state index contributed by atoms with van der Waals surface area (Å²) in [6, 6.07) is 22.3. The molecule has 0 radical (unpaired) electrons. The van der Waals surface area contributed by atoms with Gasteiger partial charge >= 0.3 is 7.82 Å². The number of hydrogen-bond acceptors (Lipinski definition) is 4. The van der Waals surface area contributed by atoms with E-state index in [1.165, 1.54) is 0 Å². The van der Waals surface area contributed by atoms with E-state index in [-0.39, 0.29) is 13.2 Å². The molecule has 4 rings (SSSR count). The third-order valence-electron chi connectivity index (χ3n) is 4.50. The largest absolute Gasteiger partial charge is 0.530 e. The first-order valence-corrected chi connectivity index (χ1v) is 10.5. The molecular weight excluding hydrogens is 359 g/mol. The summed E-state index contributed by atoms with van der Waals surface area (Å²) in [5.74, 6) is 0.505. The summed E-state index contributed by atoms with van der Waals surface area (Å²) < 4.78 is 29.7. The molecule has 0 aliphatic carbocycles. The van der Waals surface area contributed by atoms with E-state index in [1.54, 1.807) is 13.8 Å². The lowest BCUT2D eigenvalue weighted by Crippen LogP contribution is -2.03. The van der Waals surface area contributed by atoms with Crippen LogP contribution in [0.3, 0.4) is 0 Å². The first-order valence-electron chi connectivity index (χ1n) is 9.07. The average Bonchev–Trinajstić information content (AvgIpc) is 2.68. The molecule has 0 amide bonds. The number of benzene rings is 4. The Hall–Kier alpha value is -2.39. The van der Waals surface area contributed by atoms with E-state index in [1.807, 2.05) is 42.5 Å². The van der Waals surface area contributed by atoms with Gasteiger partial charge in [-0.15, -0.1) is 0 Å². The van der Waals surface area contributed by atoms with Crippen LogP contribution in [-0.2, 0) is 13.6 Å². The van der Waals surface area contributed by atoms with Crippen molar-refractivity contribution < 1.29 is 18.1 Å². The Kier molecular flexibility index (Phi) is 4.88. The summed E-state index contributed by atoms with van der Waals surface area (Å²) in [6.45, 7) is 4.01. The van der Waals surface area contributed by atoms with E-state index in [2.05, 4.69) is 24.3 Å². The molecule has 0 aliphatic heterocycles. The Morgan fingerprint density at radius 2 is 1.37 bits per heavy atom. The van der Waals surface area contributed by atoms with Crippen LogP contribution in [0, 0.1) is 0 Å². The monoisotopic (exact) mass is 380 g/mol. The first-order chi connectivity index (χ1) is 13.1. The maximum Gasteiger partial charge on any atom is 0.530 e. The number of hydrogen-bond donors (Lipinski definition) is 0. The van der Waals surface area contributed by atoms with Crippen LogP contribution in [0.15, 0.2) is 66.7 Å². The van der Waals surface area contributed by atoms with Crippen LogP contribution in [0.25, 0.3) is 32.3 Å². The minimum absolute atomic E-state index is 0.240. The van der Waals surface area contributed by atoms with Crippen molar-refractivity contribution in [1.82, 2.24) is 0 Å². The fourth-order valence-corrected chi connectivity index (χ4v) is 4.64. The van der Waals surface area contributed by atoms with Crippen LogP contribution in [0.4, 0.5) is 0 Å². The number of phosphoric ester groups is 1. The number of fused-ring (bicyclic) bond motifs is 5. The normalized spacial score (nSPS) is 12.1. The maximum atomic E-state index is 13.0. The number of phosphoric acid groups is 1. The van der Waals surface area contributed by atoms with Crippen molar-refractivity contribution in [3.8, 4) is 5.75 Å². The van der Waals surface area contributed by atoms with Crippen LogP contribution in [0.5, 0.6) is 5.75 Å². The second kappa shape index (κ2) is 7.32. The van der Waals surface area contributed by atoms with Crippen LogP contribution in [0.2, 0.25) is 0 Å². The van der Waals surface area contributed by atoms with Gasteiger partial charge in [0.15, 0.2) is 0 Å². The molecule has 0 N–H and O–H groups in total. The standard InChI is InChI=1S/C22H21O4P/c1-3-24-27(23,25-4-2)26-21-15-17-10-6-7-11-18(17)20-14-13-16-9-5-8-12-19(16)22(20)21/h5-15H,3-4H2,1-2H3. The van der Waals surface area contributed by atoms with Gasteiger partial charge in [-0.1, -0.05) is 60.7 Å². The van der Waals surface area contributed by atoms with Crippen LogP contribution in [0.1, 0.15) is 13.8 Å². The number of rotatable bonds is 6. The third kappa shape index (κ3) is 3.32. The minimum Gasteiger partial charge on any atom is -0.403 e. The molecule has 0 saturated carbocycles. The first kappa shape index (κ1) is 18.0. The van der Waals surface area contributed by atoms with Gasteiger partial charge < -0.3 is 4.52 Å². The molecule has 0 aliphatic rings. The summed E-state index contributed by atoms with van der Waals surface area (Å²) in [5.41, 5.74) is 0.